The molecule has 0 aliphatic heterocycles. The van der Waals surface area contributed by atoms with E-state index in [1.165, 1.54) is 16.7 Å². The minimum Gasteiger partial charge on any atom is -0.0864 e. The highest BCUT2D eigenvalue weighted by atomic mass is 31.1. The summed E-state index contributed by atoms with van der Waals surface area (Å²) < 4.78 is 0. The average Bonchev–Trinajstić information content (AvgIpc) is 2.56. The molecule has 0 aromatic heterocycles. The minimum atomic E-state index is -0.101. The number of allylic oxidation sites excluding steroid dienone is 2. The Kier molecular flexibility index (Phi) is 4.42. The van der Waals surface area contributed by atoms with Crippen molar-refractivity contribution in [1.82, 2.24) is 0 Å². The molecule has 1 heteroatoms. The zero-order valence-electron chi connectivity index (χ0n) is 15.3. The molecule has 0 fully saturated rings. The highest BCUT2D eigenvalue weighted by molar-refractivity contribution is 7.60. The van der Waals surface area contributed by atoms with E-state index >= 15 is 0 Å². The van der Waals surface area contributed by atoms with Crippen LogP contribution in [-0.2, 0) is 5.16 Å². The summed E-state index contributed by atoms with van der Waals surface area (Å²) in [4.78, 5) is 0. The highest BCUT2D eigenvalue weighted by Gasteiger charge is 2.47. The van der Waals surface area contributed by atoms with E-state index in [1.807, 2.05) is 0 Å². The molecule has 1 aromatic carbocycles. The molecule has 0 amide bonds. The molecule has 1 aliphatic carbocycles. The summed E-state index contributed by atoms with van der Waals surface area (Å²) in [7, 11) is -0.101. The predicted octanol–water partition coefficient (Wildman–Crippen LogP) is 6.62. The standard InChI is InChI=1S/C20H31P/c1-12(2)21(13(3)4)20(9)17(8)16(7)18-14(5)10-11-15(6)19(18)20/h10-13H,1-9H3. The molecule has 0 nitrogen and oxygen atoms in total. The molecule has 0 bridgehead atoms. The summed E-state index contributed by atoms with van der Waals surface area (Å²) in [5, 5.41) is 0.243. The van der Waals surface area contributed by atoms with E-state index in [4.69, 9.17) is 0 Å². The lowest BCUT2D eigenvalue weighted by molar-refractivity contribution is 0.773. The van der Waals surface area contributed by atoms with Crippen molar-refractivity contribution in [2.24, 2.45) is 0 Å². The normalized spacial score (nSPS) is 21.9. The first-order valence-corrected chi connectivity index (χ1v) is 9.69. The van der Waals surface area contributed by atoms with Crippen molar-refractivity contribution < 1.29 is 0 Å². The molecule has 0 saturated heterocycles. The largest absolute Gasteiger partial charge is 0.0864 e. The monoisotopic (exact) mass is 302 g/mol. The van der Waals surface area contributed by atoms with Gasteiger partial charge in [0.15, 0.2) is 0 Å². The zero-order chi connectivity index (χ0) is 16.1. The molecule has 0 radical (unpaired) electrons. The van der Waals surface area contributed by atoms with Gasteiger partial charge in [0.05, 0.1) is 0 Å². The van der Waals surface area contributed by atoms with Crippen LogP contribution < -0.4 is 0 Å². The van der Waals surface area contributed by atoms with E-state index in [0.717, 1.165) is 11.3 Å². The average molecular weight is 302 g/mol. The fraction of sp³-hybridized carbons (Fsp3) is 0.600. The maximum absolute atomic E-state index is 2.52. The molecule has 116 valence electrons. The number of hydrogen-bond acceptors (Lipinski definition) is 0. The molecule has 1 aliphatic rings. The summed E-state index contributed by atoms with van der Waals surface area (Å²) in [5.74, 6) is 0. The number of fused-ring (bicyclic) bond motifs is 1. The van der Waals surface area contributed by atoms with Gasteiger partial charge in [0.1, 0.15) is 0 Å². The predicted molar refractivity (Wildman–Crippen MR) is 98.7 cm³/mol. The Morgan fingerprint density at radius 3 is 1.81 bits per heavy atom. The maximum atomic E-state index is 2.52. The SMILES string of the molecule is CC1=C(C)C(C)(P(C(C)C)C(C)C)c2c(C)ccc(C)c21. The van der Waals surface area contributed by atoms with Crippen LogP contribution >= 0.6 is 7.92 Å². The van der Waals surface area contributed by atoms with E-state index in [1.54, 1.807) is 16.7 Å². The van der Waals surface area contributed by atoms with Gasteiger partial charge in [0.2, 0.25) is 0 Å². The van der Waals surface area contributed by atoms with Gasteiger partial charge in [-0.1, -0.05) is 53.3 Å². The fourth-order valence-corrected chi connectivity index (χ4v) is 8.97. The Balaban J connectivity index is 2.81. The van der Waals surface area contributed by atoms with Crippen molar-refractivity contribution in [3.05, 3.63) is 40.0 Å². The molecule has 1 unspecified atom stereocenters. The Hall–Kier alpha value is -0.610. The Bertz CT molecular complexity index is 584. The quantitative estimate of drug-likeness (QED) is 0.550. The van der Waals surface area contributed by atoms with E-state index < -0.39 is 0 Å². The molecule has 0 spiro atoms. The molecular formula is C20H31P. The van der Waals surface area contributed by atoms with Crippen LogP contribution in [0.5, 0.6) is 0 Å². The van der Waals surface area contributed by atoms with Crippen molar-refractivity contribution in [1.29, 1.82) is 0 Å². The maximum Gasteiger partial charge on any atom is 0.0349 e. The van der Waals surface area contributed by atoms with Crippen LogP contribution in [0.25, 0.3) is 5.57 Å². The zero-order valence-corrected chi connectivity index (χ0v) is 16.2. The molecule has 21 heavy (non-hydrogen) atoms. The Labute approximate surface area is 132 Å². The van der Waals surface area contributed by atoms with E-state index in [9.17, 15) is 0 Å². The van der Waals surface area contributed by atoms with Crippen molar-refractivity contribution in [3.8, 4) is 0 Å². The summed E-state index contributed by atoms with van der Waals surface area (Å²) in [6.07, 6.45) is 0. The van der Waals surface area contributed by atoms with Crippen molar-refractivity contribution >= 4 is 13.5 Å². The lowest BCUT2D eigenvalue weighted by Crippen LogP contribution is -2.27. The van der Waals surface area contributed by atoms with Gasteiger partial charge in [0.25, 0.3) is 0 Å². The van der Waals surface area contributed by atoms with Gasteiger partial charge in [-0.15, -0.1) is 0 Å². The second kappa shape index (κ2) is 5.54. The number of hydrogen-bond donors (Lipinski definition) is 0. The molecule has 2 rings (SSSR count). The Morgan fingerprint density at radius 1 is 0.857 bits per heavy atom. The van der Waals surface area contributed by atoms with Crippen LogP contribution in [0.1, 0.15) is 70.7 Å². The van der Waals surface area contributed by atoms with Gasteiger partial charge in [0, 0.05) is 5.16 Å². The molecule has 1 aromatic rings. The third-order valence-corrected chi connectivity index (χ3v) is 9.22. The number of benzene rings is 1. The van der Waals surface area contributed by atoms with Gasteiger partial charge >= 0.3 is 0 Å². The molecular weight excluding hydrogens is 271 g/mol. The van der Waals surface area contributed by atoms with Gasteiger partial charge in [-0.05, 0) is 73.8 Å². The van der Waals surface area contributed by atoms with Crippen LogP contribution in [0.2, 0.25) is 0 Å². The van der Waals surface area contributed by atoms with Crippen molar-refractivity contribution in [3.63, 3.8) is 0 Å². The third-order valence-electron chi connectivity index (χ3n) is 5.41. The highest BCUT2D eigenvalue weighted by Crippen LogP contribution is 2.69. The second-order valence-corrected chi connectivity index (χ2v) is 11.1. The summed E-state index contributed by atoms with van der Waals surface area (Å²) in [6.45, 7) is 21.5. The van der Waals surface area contributed by atoms with Crippen LogP contribution in [0.15, 0.2) is 17.7 Å². The molecule has 0 heterocycles. The first kappa shape index (κ1) is 16.8. The van der Waals surface area contributed by atoms with Gasteiger partial charge < -0.3 is 0 Å². The first-order chi connectivity index (χ1) is 9.63. The number of aryl methyl sites for hydroxylation is 2. The summed E-state index contributed by atoms with van der Waals surface area (Å²) >= 11 is 0. The molecule has 1 atom stereocenters. The van der Waals surface area contributed by atoms with E-state index in [2.05, 4.69) is 74.4 Å². The van der Waals surface area contributed by atoms with Crippen LogP contribution in [0.4, 0.5) is 0 Å². The minimum absolute atomic E-state index is 0.101. The second-order valence-electron chi connectivity index (χ2n) is 7.37. The van der Waals surface area contributed by atoms with Crippen LogP contribution in [-0.4, -0.2) is 11.3 Å². The van der Waals surface area contributed by atoms with E-state index in [-0.39, 0.29) is 13.1 Å². The van der Waals surface area contributed by atoms with Gasteiger partial charge in [-0.3, -0.25) is 0 Å². The third kappa shape index (κ3) is 2.31. The number of rotatable bonds is 3. The van der Waals surface area contributed by atoms with Gasteiger partial charge in [-0.2, -0.15) is 0 Å². The molecule has 0 N–H and O–H groups in total. The fourth-order valence-electron chi connectivity index (χ4n) is 4.61. The smallest absolute Gasteiger partial charge is 0.0349 e. The van der Waals surface area contributed by atoms with Gasteiger partial charge in [-0.25, -0.2) is 0 Å². The van der Waals surface area contributed by atoms with Crippen LogP contribution in [0.3, 0.4) is 0 Å². The van der Waals surface area contributed by atoms with E-state index in [0.29, 0.717) is 0 Å². The topological polar surface area (TPSA) is 0 Å². The Morgan fingerprint density at radius 2 is 1.33 bits per heavy atom. The van der Waals surface area contributed by atoms with Crippen LogP contribution in [0, 0.1) is 13.8 Å². The van der Waals surface area contributed by atoms with Crippen molar-refractivity contribution in [2.75, 3.05) is 0 Å². The lowest BCUT2D eigenvalue weighted by Gasteiger charge is -2.43. The summed E-state index contributed by atoms with van der Waals surface area (Å²) in [5.41, 5.74) is 10.7. The van der Waals surface area contributed by atoms with Crippen molar-refractivity contribution in [2.45, 2.75) is 78.8 Å². The molecule has 0 saturated carbocycles. The first-order valence-electron chi connectivity index (χ1n) is 8.21. The lowest BCUT2D eigenvalue weighted by atomic mass is 9.91. The summed E-state index contributed by atoms with van der Waals surface area (Å²) in [6, 6.07) is 4.62.